The van der Waals surface area contributed by atoms with Crippen LogP contribution in [0.4, 0.5) is 0 Å². The van der Waals surface area contributed by atoms with Crippen LogP contribution in [0, 0.1) is 0 Å². The summed E-state index contributed by atoms with van der Waals surface area (Å²) in [5, 5.41) is 8.62. The molecule has 0 spiro atoms. The van der Waals surface area contributed by atoms with E-state index in [1.54, 1.807) is 6.20 Å². The van der Waals surface area contributed by atoms with Crippen LogP contribution in [0.25, 0.3) is 17.1 Å². The average molecular weight is 428 g/mol. The Morgan fingerprint density at radius 1 is 0.875 bits per heavy atom. The second kappa shape index (κ2) is 9.15. The van der Waals surface area contributed by atoms with Crippen LogP contribution in [0.1, 0.15) is 10.5 Å². The molecule has 0 radical (unpaired) electrons. The Morgan fingerprint density at radius 3 is 2.34 bits per heavy atom. The number of piperazine rings is 1. The molecule has 1 amide bonds. The van der Waals surface area contributed by atoms with Crippen LogP contribution < -0.4 is 0 Å². The Morgan fingerprint density at radius 2 is 1.59 bits per heavy atom. The van der Waals surface area contributed by atoms with Crippen LogP contribution in [0.3, 0.4) is 0 Å². The predicted octanol–water partition coefficient (Wildman–Crippen LogP) is 2.59. The lowest BCUT2D eigenvalue weighted by atomic mass is 10.2. The van der Waals surface area contributed by atoms with Crippen molar-refractivity contribution in [2.24, 2.45) is 0 Å². The van der Waals surface area contributed by atoms with Crippen molar-refractivity contribution in [2.45, 2.75) is 6.54 Å². The van der Waals surface area contributed by atoms with Crippen LogP contribution in [-0.4, -0.2) is 73.0 Å². The molecule has 2 aromatic carbocycles. The van der Waals surface area contributed by atoms with Gasteiger partial charge in [-0.3, -0.25) is 9.69 Å². The molecule has 1 aliphatic rings. The first-order chi connectivity index (χ1) is 15.8. The van der Waals surface area contributed by atoms with Gasteiger partial charge in [-0.05, 0) is 12.1 Å². The van der Waals surface area contributed by atoms with Gasteiger partial charge in [0, 0.05) is 57.2 Å². The first kappa shape index (κ1) is 20.1. The normalized spacial score (nSPS) is 14.6. The summed E-state index contributed by atoms with van der Waals surface area (Å²) in [4.78, 5) is 23.1. The molecule has 8 heteroatoms. The average Bonchev–Trinajstić information content (AvgIpc) is 3.54. The van der Waals surface area contributed by atoms with Gasteiger partial charge in [0.05, 0.1) is 11.9 Å². The van der Waals surface area contributed by atoms with Crippen LogP contribution in [0.5, 0.6) is 0 Å². The van der Waals surface area contributed by atoms with Crippen LogP contribution in [-0.2, 0) is 6.54 Å². The molecule has 1 aliphatic heterocycles. The van der Waals surface area contributed by atoms with Crippen molar-refractivity contribution in [3.8, 4) is 17.1 Å². The minimum absolute atomic E-state index is 0.0622. The number of carbonyl (C=O) groups is 1. The summed E-state index contributed by atoms with van der Waals surface area (Å²) in [6, 6.07) is 19.8. The smallest absolute Gasteiger partial charge is 0.276 e. The van der Waals surface area contributed by atoms with E-state index in [2.05, 4.69) is 36.8 Å². The molecule has 0 unspecified atom stereocenters. The first-order valence-electron chi connectivity index (χ1n) is 10.8. The zero-order valence-corrected chi connectivity index (χ0v) is 17.8. The second-order valence-corrected chi connectivity index (χ2v) is 7.80. The van der Waals surface area contributed by atoms with E-state index in [1.807, 2.05) is 65.8 Å². The molecule has 0 N–H and O–H groups in total. The van der Waals surface area contributed by atoms with E-state index >= 15 is 0 Å². The summed E-state index contributed by atoms with van der Waals surface area (Å²) in [6.07, 6.45) is 5.42. The fourth-order valence-corrected chi connectivity index (χ4v) is 3.97. The molecule has 5 rings (SSSR count). The van der Waals surface area contributed by atoms with Gasteiger partial charge >= 0.3 is 0 Å². The molecule has 0 saturated carbocycles. The Hall–Kier alpha value is -3.78. The van der Waals surface area contributed by atoms with Crippen LogP contribution >= 0.6 is 0 Å². The maximum absolute atomic E-state index is 12.9. The fourth-order valence-electron chi connectivity index (χ4n) is 3.97. The highest BCUT2D eigenvalue weighted by molar-refractivity contribution is 5.92. The van der Waals surface area contributed by atoms with Gasteiger partial charge in [0.25, 0.3) is 5.91 Å². The van der Waals surface area contributed by atoms with Crippen LogP contribution in [0.2, 0.25) is 0 Å². The highest BCUT2D eigenvalue weighted by Gasteiger charge is 2.24. The number of aromatic nitrogens is 5. The summed E-state index contributed by atoms with van der Waals surface area (Å²) < 4.78 is 2.19. The van der Waals surface area contributed by atoms with Crippen molar-refractivity contribution in [3.05, 3.63) is 84.9 Å². The number of para-hydroxylation sites is 1. The van der Waals surface area contributed by atoms with E-state index in [-0.39, 0.29) is 5.91 Å². The molecule has 32 heavy (non-hydrogen) atoms. The molecular formula is C24H25N7O. The van der Waals surface area contributed by atoms with Gasteiger partial charge in [-0.15, -0.1) is 5.10 Å². The lowest BCUT2D eigenvalue weighted by molar-refractivity contribution is 0.0627. The lowest BCUT2D eigenvalue weighted by Gasteiger charge is -2.34. The van der Waals surface area contributed by atoms with Crippen molar-refractivity contribution in [2.75, 3.05) is 32.7 Å². The van der Waals surface area contributed by atoms with Gasteiger partial charge in [0.1, 0.15) is 5.82 Å². The fraction of sp³-hybridized carbons (Fsp3) is 0.250. The molecule has 0 atom stereocenters. The minimum atomic E-state index is -0.0622. The Bertz CT molecular complexity index is 1160. The molecule has 0 bridgehead atoms. The Labute approximate surface area is 186 Å². The first-order valence-corrected chi connectivity index (χ1v) is 10.8. The highest BCUT2D eigenvalue weighted by atomic mass is 16.2. The van der Waals surface area contributed by atoms with Crippen molar-refractivity contribution in [3.63, 3.8) is 0 Å². The van der Waals surface area contributed by atoms with E-state index in [9.17, 15) is 4.79 Å². The molecule has 1 saturated heterocycles. The third kappa shape index (κ3) is 4.31. The number of imidazole rings is 1. The van der Waals surface area contributed by atoms with E-state index in [0.717, 1.165) is 43.3 Å². The number of hydrogen-bond acceptors (Lipinski definition) is 5. The molecule has 3 heterocycles. The van der Waals surface area contributed by atoms with Gasteiger partial charge in [0.2, 0.25) is 0 Å². The predicted molar refractivity (Wildman–Crippen MR) is 121 cm³/mol. The monoisotopic (exact) mass is 427 g/mol. The van der Waals surface area contributed by atoms with E-state index in [0.29, 0.717) is 18.8 Å². The Kier molecular flexibility index (Phi) is 5.76. The molecule has 1 fully saturated rings. The third-order valence-corrected chi connectivity index (χ3v) is 5.76. The number of benzene rings is 2. The van der Waals surface area contributed by atoms with Crippen molar-refractivity contribution >= 4 is 5.91 Å². The summed E-state index contributed by atoms with van der Waals surface area (Å²) in [7, 11) is 0. The van der Waals surface area contributed by atoms with Gasteiger partial charge < -0.3 is 9.47 Å². The zero-order valence-electron chi connectivity index (χ0n) is 17.8. The molecule has 8 nitrogen and oxygen atoms in total. The van der Waals surface area contributed by atoms with Gasteiger partial charge in [-0.25, -0.2) is 4.98 Å². The number of rotatable bonds is 6. The molecule has 0 aliphatic carbocycles. The minimum Gasteiger partial charge on any atom is -0.335 e. The topological polar surface area (TPSA) is 72.1 Å². The largest absolute Gasteiger partial charge is 0.335 e. The maximum Gasteiger partial charge on any atom is 0.276 e. The maximum atomic E-state index is 12.9. The lowest BCUT2D eigenvalue weighted by Crippen LogP contribution is -2.49. The summed E-state index contributed by atoms with van der Waals surface area (Å²) in [6.45, 7) is 4.84. The quantitative estimate of drug-likeness (QED) is 0.473. The van der Waals surface area contributed by atoms with Crippen molar-refractivity contribution in [1.82, 2.24) is 34.3 Å². The summed E-state index contributed by atoms with van der Waals surface area (Å²) >= 11 is 0. The number of amides is 1. The molecular weight excluding hydrogens is 402 g/mol. The van der Waals surface area contributed by atoms with E-state index in [1.165, 1.54) is 4.80 Å². The van der Waals surface area contributed by atoms with Gasteiger partial charge in [-0.2, -0.15) is 9.90 Å². The van der Waals surface area contributed by atoms with Gasteiger partial charge in [0.15, 0.2) is 5.69 Å². The number of nitrogens with zero attached hydrogens (tertiary/aromatic N) is 7. The molecule has 162 valence electrons. The second-order valence-electron chi connectivity index (χ2n) is 7.80. The molecule has 2 aromatic heterocycles. The standard InChI is InChI=1S/C24H25N7O/c32-24(22-19-26-31(27-22)21-9-5-2-6-10-21)30-17-14-28(15-18-30)13-16-29-12-11-25-23(29)20-7-3-1-4-8-20/h1-12,19H,13-18H2. The zero-order chi connectivity index (χ0) is 21.8. The summed E-state index contributed by atoms with van der Waals surface area (Å²) in [5.41, 5.74) is 2.34. The van der Waals surface area contributed by atoms with E-state index in [4.69, 9.17) is 0 Å². The number of hydrogen-bond donors (Lipinski definition) is 0. The Balaban J connectivity index is 1.15. The van der Waals surface area contributed by atoms with Gasteiger partial charge in [-0.1, -0.05) is 48.5 Å². The van der Waals surface area contributed by atoms with Crippen molar-refractivity contribution < 1.29 is 4.79 Å². The number of carbonyl (C=O) groups excluding carboxylic acids is 1. The molecule has 4 aromatic rings. The third-order valence-electron chi connectivity index (χ3n) is 5.76. The van der Waals surface area contributed by atoms with Crippen LogP contribution in [0.15, 0.2) is 79.3 Å². The van der Waals surface area contributed by atoms with Crippen molar-refractivity contribution in [1.29, 1.82) is 0 Å². The summed E-state index contributed by atoms with van der Waals surface area (Å²) in [5.74, 6) is 0.925. The highest BCUT2D eigenvalue weighted by Crippen LogP contribution is 2.17. The van der Waals surface area contributed by atoms with E-state index < -0.39 is 0 Å². The SMILES string of the molecule is O=C(c1cnn(-c2ccccc2)n1)N1CCN(CCn2ccnc2-c2ccccc2)CC1.